The van der Waals surface area contributed by atoms with Crippen LogP contribution in [0, 0.1) is 0 Å². The maximum absolute atomic E-state index is 12.3. The largest absolute Gasteiger partial charge is 0.395 e. The van der Waals surface area contributed by atoms with Crippen molar-refractivity contribution >= 4 is 27.3 Å². The highest BCUT2D eigenvalue weighted by Crippen LogP contribution is 2.25. The van der Waals surface area contributed by atoms with E-state index in [9.17, 15) is 18.0 Å². The topological polar surface area (TPSA) is 104 Å². The van der Waals surface area contributed by atoms with Gasteiger partial charge in [-0.25, -0.2) is 8.42 Å². The first-order valence-corrected chi connectivity index (χ1v) is 8.83. The van der Waals surface area contributed by atoms with Crippen molar-refractivity contribution in [2.24, 2.45) is 0 Å². The van der Waals surface area contributed by atoms with E-state index in [0.717, 1.165) is 11.0 Å². The molecule has 1 aliphatic rings. The first kappa shape index (κ1) is 17.2. The number of carbonyl (C=O) groups excluding carboxylic acids is 2. The predicted octanol–water partition coefficient (Wildman–Crippen LogP) is 0.527. The quantitative estimate of drug-likeness (QED) is 0.703. The summed E-state index contributed by atoms with van der Waals surface area (Å²) in [5, 5.41) is 11.6. The zero-order chi connectivity index (χ0) is 17.0. The molecule has 2 rings (SSSR count). The minimum atomic E-state index is -3.48. The summed E-state index contributed by atoms with van der Waals surface area (Å²) < 4.78 is 24.6. The molecule has 0 saturated carbocycles. The molecule has 7 nitrogen and oxygen atoms in total. The van der Waals surface area contributed by atoms with Gasteiger partial charge in [-0.05, 0) is 18.6 Å². The highest BCUT2D eigenvalue weighted by molar-refractivity contribution is 7.91. The minimum Gasteiger partial charge on any atom is -0.395 e. The van der Waals surface area contributed by atoms with Crippen LogP contribution in [0.4, 0.5) is 5.69 Å². The minimum absolute atomic E-state index is 0.00570. The molecular formula is C15H18N2O5S. The number of amides is 2. The second kappa shape index (κ2) is 6.93. The molecule has 1 heterocycles. The monoisotopic (exact) mass is 338 g/mol. The van der Waals surface area contributed by atoms with E-state index in [-0.39, 0.29) is 35.2 Å². The molecule has 0 saturated heterocycles. The molecule has 0 fully saturated rings. The Hall–Kier alpha value is -2.19. The molecule has 1 aromatic carbocycles. The average molecular weight is 338 g/mol. The normalized spacial score (nSPS) is 15.0. The maximum Gasteiger partial charge on any atom is 0.277 e. The van der Waals surface area contributed by atoms with Crippen LogP contribution in [0.3, 0.4) is 0 Å². The van der Waals surface area contributed by atoms with Gasteiger partial charge in [-0.2, -0.15) is 0 Å². The molecule has 124 valence electrons. The third-order valence-electron chi connectivity index (χ3n) is 3.30. The number of rotatable bonds is 7. The van der Waals surface area contributed by atoms with E-state index in [0.29, 0.717) is 6.42 Å². The molecule has 0 atom stereocenters. The van der Waals surface area contributed by atoms with Crippen LogP contribution in [0.1, 0.15) is 13.3 Å². The lowest BCUT2D eigenvalue weighted by Crippen LogP contribution is -2.34. The Morgan fingerprint density at radius 1 is 1.22 bits per heavy atom. The number of hydrogen-bond acceptors (Lipinski definition) is 6. The number of β-amino-alcohol motifs (C(OH)–C–C–N with tert-alkyl or cyclic N) is 1. The van der Waals surface area contributed by atoms with Crippen molar-refractivity contribution in [2.45, 2.75) is 18.2 Å². The number of sulfone groups is 1. The average Bonchev–Trinajstić information content (AvgIpc) is 2.76. The van der Waals surface area contributed by atoms with Crippen LogP contribution in [0.15, 0.2) is 40.9 Å². The molecule has 2 amide bonds. The number of hydrogen-bond donors (Lipinski definition) is 2. The van der Waals surface area contributed by atoms with Crippen LogP contribution in [0.25, 0.3) is 0 Å². The van der Waals surface area contributed by atoms with E-state index < -0.39 is 21.7 Å². The van der Waals surface area contributed by atoms with Gasteiger partial charge in [-0.3, -0.25) is 14.5 Å². The number of anilines is 1. The van der Waals surface area contributed by atoms with Crippen molar-refractivity contribution in [3.05, 3.63) is 36.0 Å². The van der Waals surface area contributed by atoms with Gasteiger partial charge < -0.3 is 10.4 Å². The Morgan fingerprint density at radius 2 is 1.91 bits per heavy atom. The number of para-hydroxylation sites is 1. The number of carbonyl (C=O) groups is 2. The van der Waals surface area contributed by atoms with Gasteiger partial charge in [0, 0.05) is 6.08 Å². The van der Waals surface area contributed by atoms with Crippen LogP contribution in [0.2, 0.25) is 0 Å². The summed E-state index contributed by atoms with van der Waals surface area (Å²) in [5.41, 5.74) is 0.238. The van der Waals surface area contributed by atoms with Gasteiger partial charge in [0.15, 0.2) is 9.84 Å². The Labute approximate surface area is 134 Å². The smallest absolute Gasteiger partial charge is 0.277 e. The van der Waals surface area contributed by atoms with E-state index in [1.165, 1.54) is 12.1 Å². The van der Waals surface area contributed by atoms with Crippen molar-refractivity contribution in [3.63, 3.8) is 0 Å². The van der Waals surface area contributed by atoms with Gasteiger partial charge in [0.2, 0.25) is 0 Å². The van der Waals surface area contributed by atoms with Crippen molar-refractivity contribution in [1.29, 1.82) is 0 Å². The van der Waals surface area contributed by atoms with E-state index in [4.69, 9.17) is 5.11 Å². The molecular weight excluding hydrogens is 320 g/mol. The van der Waals surface area contributed by atoms with Crippen LogP contribution in [-0.2, 0) is 19.4 Å². The van der Waals surface area contributed by atoms with Gasteiger partial charge in [0.25, 0.3) is 11.8 Å². The molecule has 8 heteroatoms. The zero-order valence-electron chi connectivity index (χ0n) is 12.7. The van der Waals surface area contributed by atoms with Gasteiger partial charge in [-0.1, -0.05) is 19.1 Å². The Morgan fingerprint density at radius 3 is 2.57 bits per heavy atom. The highest BCUT2D eigenvalue weighted by atomic mass is 32.2. The molecule has 0 unspecified atom stereocenters. The SMILES string of the molecule is CCCS(=O)(=O)c1ccccc1NC1=CC(=O)N(CCO)C1=O. The van der Waals surface area contributed by atoms with Crippen molar-refractivity contribution in [2.75, 3.05) is 24.2 Å². The standard InChI is InChI=1S/C15H18N2O5S/c1-2-9-23(21,22)13-6-4-3-5-11(13)16-12-10-14(19)17(7-8-18)15(12)20/h3-6,10,16,18H,2,7-9H2,1H3. The van der Waals surface area contributed by atoms with Gasteiger partial charge in [0.05, 0.1) is 29.5 Å². The first-order valence-electron chi connectivity index (χ1n) is 7.18. The van der Waals surface area contributed by atoms with Gasteiger partial charge in [-0.15, -0.1) is 0 Å². The third-order valence-corrected chi connectivity index (χ3v) is 5.27. The number of nitrogens with zero attached hydrogens (tertiary/aromatic N) is 1. The maximum atomic E-state index is 12.3. The molecule has 0 aromatic heterocycles. The molecule has 0 aliphatic carbocycles. The van der Waals surface area contributed by atoms with E-state index in [1.807, 2.05) is 0 Å². The summed E-state index contributed by atoms with van der Waals surface area (Å²) in [6.45, 7) is 1.33. The summed E-state index contributed by atoms with van der Waals surface area (Å²) >= 11 is 0. The number of aliphatic hydroxyl groups excluding tert-OH is 1. The molecule has 1 aliphatic heterocycles. The summed E-state index contributed by atoms with van der Waals surface area (Å²) in [4.78, 5) is 24.8. The third kappa shape index (κ3) is 3.59. The molecule has 2 N–H and O–H groups in total. The first-order chi connectivity index (χ1) is 10.9. The van der Waals surface area contributed by atoms with Crippen LogP contribution in [0.5, 0.6) is 0 Å². The molecule has 0 bridgehead atoms. The zero-order valence-corrected chi connectivity index (χ0v) is 13.5. The highest BCUT2D eigenvalue weighted by Gasteiger charge is 2.31. The molecule has 0 spiro atoms. The molecule has 0 radical (unpaired) electrons. The molecule has 1 aromatic rings. The van der Waals surface area contributed by atoms with Crippen molar-refractivity contribution < 1.29 is 23.1 Å². The lowest BCUT2D eigenvalue weighted by molar-refractivity contribution is -0.137. The fourth-order valence-corrected chi connectivity index (χ4v) is 3.77. The Bertz CT molecular complexity index is 755. The number of aliphatic hydroxyl groups is 1. The van der Waals surface area contributed by atoms with Crippen LogP contribution >= 0.6 is 0 Å². The summed E-state index contributed by atoms with van der Waals surface area (Å²) in [6.07, 6.45) is 1.57. The van der Waals surface area contributed by atoms with Gasteiger partial charge in [0.1, 0.15) is 5.70 Å². The number of benzene rings is 1. The van der Waals surface area contributed by atoms with E-state index in [1.54, 1.807) is 19.1 Å². The van der Waals surface area contributed by atoms with Crippen LogP contribution in [-0.4, -0.2) is 49.1 Å². The van der Waals surface area contributed by atoms with Crippen LogP contribution < -0.4 is 5.32 Å². The lowest BCUT2D eigenvalue weighted by atomic mass is 10.3. The Balaban J connectivity index is 2.31. The van der Waals surface area contributed by atoms with Crippen molar-refractivity contribution in [3.8, 4) is 0 Å². The number of imide groups is 1. The van der Waals surface area contributed by atoms with E-state index >= 15 is 0 Å². The second-order valence-corrected chi connectivity index (χ2v) is 7.09. The van der Waals surface area contributed by atoms with E-state index in [2.05, 4.69) is 5.32 Å². The number of nitrogens with one attached hydrogen (secondary N) is 1. The summed E-state index contributed by atoms with van der Waals surface area (Å²) in [7, 11) is -3.48. The summed E-state index contributed by atoms with van der Waals surface area (Å²) in [6, 6.07) is 6.23. The summed E-state index contributed by atoms with van der Waals surface area (Å²) in [5.74, 6) is -1.14. The van der Waals surface area contributed by atoms with Gasteiger partial charge >= 0.3 is 0 Å². The second-order valence-electron chi connectivity index (χ2n) is 5.02. The lowest BCUT2D eigenvalue weighted by Gasteiger charge is -2.15. The van der Waals surface area contributed by atoms with Crippen molar-refractivity contribution in [1.82, 2.24) is 4.90 Å². The molecule has 23 heavy (non-hydrogen) atoms. The fourth-order valence-electron chi connectivity index (χ4n) is 2.27. The fraction of sp³-hybridized carbons (Fsp3) is 0.333. The predicted molar refractivity (Wildman–Crippen MR) is 84.3 cm³/mol. The Kier molecular flexibility index (Phi) is 5.17.